The van der Waals surface area contributed by atoms with E-state index >= 15 is 0 Å². The Kier molecular flexibility index (Phi) is 3.78. The zero-order valence-electron chi connectivity index (χ0n) is 9.96. The Balaban J connectivity index is 1.93. The minimum Gasteiger partial charge on any atom is -0.493 e. The van der Waals surface area contributed by atoms with E-state index in [0.717, 1.165) is 29.4 Å². The Morgan fingerprint density at radius 1 is 1.42 bits per heavy atom. The molecule has 0 radical (unpaired) electrons. The number of fused-ring (bicyclic) bond motifs is 1. The second-order valence-electron chi connectivity index (χ2n) is 4.13. The van der Waals surface area contributed by atoms with Gasteiger partial charge in [-0.15, -0.1) is 0 Å². The van der Waals surface area contributed by atoms with Crippen LogP contribution in [0, 0.1) is 0 Å². The lowest BCUT2D eigenvalue weighted by molar-refractivity contribution is -0.135. The van der Waals surface area contributed by atoms with Crippen molar-refractivity contribution < 1.29 is 22.7 Å². The lowest BCUT2D eigenvalue weighted by Crippen LogP contribution is -2.32. The van der Waals surface area contributed by atoms with Gasteiger partial charge in [-0.1, -0.05) is 6.07 Å². The number of carbonyl (C=O) groups excluding carboxylic acids is 1. The molecule has 0 unspecified atom stereocenters. The summed E-state index contributed by atoms with van der Waals surface area (Å²) in [6, 6.07) is 5.39. The van der Waals surface area contributed by atoms with E-state index in [4.69, 9.17) is 4.74 Å². The summed E-state index contributed by atoms with van der Waals surface area (Å²) in [5.41, 5.74) is 1.80. The van der Waals surface area contributed by atoms with Crippen molar-refractivity contribution in [3.05, 3.63) is 35.4 Å². The van der Waals surface area contributed by atoms with Crippen LogP contribution in [0.25, 0.3) is 6.08 Å². The molecule has 1 heterocycles. The molecule has 0 spiro atoms. The lowest BCUT2D eigenvalue weighted by atomic mass is 10.1. The largest absolute Gasteiger partial charge is 0.493 e. The molecule has 0 aliphatic carbocycles. The van der Waals surface area contributed by atoms with Crippen LogP contribution in [-0.4, -0.2) is 25.2 Å². The standard InChI is InChI=1S/C13H12F3NO2/c14-13(15,16)8-17-12(18)4-2-9-1-3-11-10(7-9)5-6-19-11/h1-4,7H,5-6,8H2,(H,17,18)/b4-2+. The van der Waals surface area contributed by atoms with E-state index in [1.54, 1.807) is 17.4 Å². The Labute approximate surface area is 108 Å². The van der Waals surface area contributed by atoms with Gasteiger partial charge in [0.15, 0.2) is 0 Å². The van der Waals surface area contributed by atoms with Gasteiger partial charge in [-0.3, -0.25) is 4.79 Å². The summed E-state index contributed by atoms with van der Waals surface area (Å²) in [6.07, 6.45) is -1.03. The number of hydrogen-bond acceptors (Lipinski definition) is 2. The number of carbonyl (C=O) groups is 1. The van der Waals surface area contributed by atoms with Gasteiger partial charge in [-0.05, 0) is 29.3 Å². The van der Waals surface area contributed by atoms with Crippen LogP contribution in [0.1, 0.15) is 11.1 Å². The zero-order chi connectivity index (χ0) is 13.9. The summed E-state index contributed by atoms with van der Waals surface area (Å²) in [5, 5.41) is 1.77. The number of rotatable bonds is 3. The third-order valence-corrected chi connectivity index (χ3v) is 2.60. The molecule has 0 atom stereocenters. The van der Waals surface area contributed by atoms with Gasteiger partial charge in [0.2, 0.25) is 5.91 Å². The Bertz CT molecular complexity index is 509. The number of ether oxygens (including phenoxy) is 1. The molecule has 1 amide bonds. The molecule has 0 saturated carbocycles. The molecule has 0 fully saturated rings. The highest BCUT2D eigenvalue weighted by Gasteiger charge is 2.27. The second-order valence-corrected chi connectivity index (χ2v) is 4.13. The van der Waals surface area contributed by atoms with E-state index in [1.807, 2.05) is 6.07 Å². The third-order valence-electron chi connectivity index (χ3n) is 2.60. The van der Waals surface area contributed by atoms with Crippen LogP contribution in [0.2, 0.25) is 0 Å². The predicted octanol–water partition coefficient (Wildman–Crippen LogP) is 2.31. The van der Waals surface area contributed by atoms with Crippen molar-refractivity contribution in [2.45, 2.75) is 12.6 Å². The van der Waals surface area contributed by atoms with Crippen LogP contribution in [0.5, 0.6) is 5.75 Å². The number of hydrogen-bond donors (Lipinski definition) is 1. The first kappa shape index (κ1) is 13.5. The van der Waals surface area contributed by atoms with Crippen LogP contribution in [0.4, 0.5) is 13.2 Å². The van der Waals surface area contributed by atoms with E-state index in [0.29, 0.717) is 6.61 Å². The van der Waals surface area contributed by atoms with Crippen LogP contribution in [0.15, 0.2) is 24.3 Å². The number of benzene rings is 1. The molecule has 0 bridgehead atoms. The highest BCUT2D eigenvalue weighted by Crippen LogP contribution is 2.26. The van der Waals surface area contributed by atoms with Crippen LogP contribution in [-0.2, 0) is 11.2 Å². The van der Waals surface area contributed by atoms with Crippen molar-refractivity contribution in [2.75, 3.05) is 13.2 Å². The summed E-state index contributed by atoms with van der Waals surface area (Å²) in [4.78, 5) is 11.2. The molecule has 102 valence electrons. The molecule has 1 aliphatic heterocycles. The first-order chi connectivity index (χ1) is 8.94. The van der Waals surface area contributed by atoms with E-state index in [2.05, 4.69) is 0 Å². The molecule has 0 aromatic heterocycles. The van der Waals surface area contributed by atoms with Crippen molar-refractivity contribution in [2.24, 2.45) is 0 Å². The van der Waals surface area contributed by atoms with Crippen molar-refractivity contribution in [1.82, 2.24) is 5.32 Å². The number of alkyl halides is 3. The predicted molar refractivity (Wildman–Crippen MR) is 63.7 cm³/mol. The first-order valence-corrected chi connectivity index (χ1v) is 5.72. The minimum absolute atomic E-state index is 0.634. The average molecular weight is 271 g/mol. The van der Waals surface area contributed by atoms with Gasteiger partial charge in [-0.2, -0.15) is 13.2 Å². The van der Waals surface area contributed by atoms with E-state index < -0.39 is 18.6 Å². The number of halogens is 3. The molecule has 1 aromatic carbocycles. The molecule has 1 N–H and O–H groups in total. The van der Waals surface area contributed by atoms with Crippen LogP contribution in [0.3, 0.4) is 0 Å². The Morgan fingerprint density at radius 3 is 2.95 bits per heavy atom. The van der Waals surface area contributed by atoms with E-state index in [-0.39, 0.29) is 0 Å². The Morgan fingerprint density at radius 2 is 2.21 bits per heavy atom. The maximum absolute atomic E-state index is 11.9. The SMILES string of the molecule is O=C(/C=C/c1ccc2c(c1)CCO2)NCC(F)(F)F. The van der Waals surface area contributed by atoms with Crippen LogP contribution >= 0.6 is 0 Å². The highest BCUT2D eigenvalue weighted by atomic mass is 19.4. The maximum Gasteiger partial charge on any atom is 0.405 e. The summed E-state index contributed by atoms with van der Waals surface area (Å²) in [5.74, 6) is 0.0488. The average Bonchev–Trinajstić information content (AvgIpc) is 2.80. The van der Waals surface area contributed by atoms with Gasteiger partial charge in [0.05, 0.1) is 6.61 Å². The van der Waals surface area contributed by atoms with Crippen molar-refractivity contribution in [1.29, 1.82) is 0 Å². The van der Waals surface area contributed by atoms with Gasteiger partial charge in [0, 0.05) is 12.5 Å². The molecule has 2 rings (SSSR count). The molecule has 0 saturated heterocycles. The van der Waals surface area contributed by atoms with Gasteiger partial charge in [0.25, 0.3) is 0 Å². The quantitative estimate of drug-likeness (QED) is 0.857. The summed E-state index contributed by atoms with van der Waals surface area (Å²) < 4.78 is 41.0. The van der Waals surface area contributed by atoms with Crippen molar-refractivity contribution in [3.8, 4) is 5.75 Å². The van der Waals surface area contributed by atoms with Crippen LogP contribution < -0.4 is 10.1 Å². The van der Waals surface area contributed by atoms with Gasteiger partial charge < -0.3 is 10.1 Å². The normalized spacial score (nSPS) is 14.3. The second kappa shape index (κ2) is 5.34. The van der Waals surface area contributed by atoms with Gasteiger partial charge in [-0.25, -0.2) is 0 Å². The molecular formula is C13H12F3NO2. The van der Waals surface area contributed by atoms with Gasteiger partial charge >= 0.3 is 6.18 Å². The van der Waals surface area contributed by atoms with Crippen molar-refractivity contribution >= 4 is 12.0 Å². The highest BCUT2D eigenvalue weighted by molar-refractivity contribution is 5.91. The smallest absolute Gasteiger partial charge is 0.405 e. The molecule has 1 aromatic rings. The molecular weight excluding hydrogens is 259 g/mol. The lowest BCUT2D eigenvalue weighted by Gasteiger charge is -2.05. The summed E-state index contributed by atoms with van der Waals surface area (Å²) in [6.45, 7) is -0.692. The molecule has 1 aliphatic rings. The van der Waals surface area contributed by atoms with Crippen molar-refractivity contribution in [3.63, 3.8) is 0 Å². The fourth-order valence-electron chi connectivity index (χ4n) is 1.73. The fourth-order valence-corrected chi connectivity index (χ4v) is 1.73. The number of amides is 1. The monoisotopic (exact) mass is 271 g/mol. The fraction of sp³-hybridized carbons (Fsp3) is 0.308. The maximum atomic E-state index is 11.9. The first-order valence-electron chi connectivity index (χ1n) is 5.72. The van der Waals surface area contributed by atoms with Gasteiger partial charge in [0.1, 0.15) is 12.3 Å². The van der Waals surface area contributed by atoms with E-state index in [1.165, 1.54) is 6.08 Å². The molecule has 3 nitrogen and oxygen atoms in total. The summed E-state index contributed by atoms with van der Waals surface area (Å²) >= 11 is 0. The topological polar surface area (TPSA) is 38.3 Å². The Hall–Kier alpha value is -1.98. The summed E-state index contributed by atoms with van der Waals surface area (Å²) in [7, 11) is 0. The molecule has 6 heteroatoms. The minimum atomic E-state index is -4.39. The third kappa shape index (κ3) is 4.01. The number of nitrogens with one attached hydrogen (secondary N) is 1. The zero-order valence-corrected chi connectivity index (χ0v) is 9.96. The molecule has 19 heavy (non-hydrogen) atoms. The van der Waals surface area contributed by atoms with E-state index in [9.17, 15) is 18.0 Å².